The SMILES string of the molecule is N=C(/C(=C1\NC(c2ccccc2)=Cc2cc(-c3ccc(-c4ccc(-c5cc(-c6ccccc6)nc(-c6ccccc6)n5)cc4)cc3)ccc21)c1ccccc1)c1ccccc1. The average Bonchev–Trinajstić information content (AvgIpc) is 3.35. The highest BCUT2D eigenvalue weighted by Crippen LogP contribution is 2.38. The molecule has 9 aromatic rings. The fourth-order valence-electron chi connectivity index (χ4n) is 7.98. The van der Waals surface area contributed by atoms with Crippen molar-refractivity contribution in [3.8, 4) is 56.2 Å². The van der Waals surface area contributed by atoms with Crippen molar-refractivity contribution >= 4 is 28.8 Å². The Hall–Kier alpha value is -8.21. The largest absolute Gasteiger partial charge is 0.354 e. The van der Waals surface area contributed by atoms with Gasteiger partial charge in [0.1, 0.15) is 0 Å². The molecular formula is C57H40N4. The molecule has 1 aliphatic heterocycles. The third-order valence-corrected chi connectivity index (χ3v) is 11.2. The van der Waals surface area contributed by atoms with E-state index in [-0.39, 0.29) is 0 Å². The van der Waals surface area contributed by atoms with Gasteiger partial charge in [-0.3, -0.25) is 5.41 Å². The summed E-state index contributed by atoms with van der Waals surface area (Å²) in [5.74, 6) is 0.706. The Morgan fingerprint density at radius 1 is 0.377 bits per heavy atom. The Morgan fingerprint density at radius 3 is 1.36 bits per heavy atom. The first-order valence-corrected chi connectivity index (χ1v) is 20.5. The van der Waals surface area contributed by atoms with E-state index in [0.717, 1.165) is 95.1 Å². The van der Waals surface area contributed by atoms with E-state index >= 15 is 0 Å². The molecule has 0 saturated carbocycles. The number of rotatable bonds is 9. The lowest BCUT2D eigenvalue weighted by atomic mass is 9.87. The van der Waals surface area contributed by atoms with Gasteiger partial charge in [-0.1, -0.05) is 212 Å². The third-order valence-electron chi connectivity index (χ3n) is 11.2. The van der Waals surface area contributed by atoms with E-state index in [2.05, 4.69) is 145 Å². The Morgan fingerprint density at radius 2 is 0.803 bits per heavy atom. The predicted octanol–water partition coefficient (Wildman–Crippen LogP) is 13.8. The summed E-state index contributed by atoms with van der Waals surface area (Å²) in [6, 6.07) is 77.3. The second-order valence-corrected chi connectivity index (χ2v) is 15.1. The lowest BCUT2D eigenvalue weighted by Crippen LogP contribution is -2.20. The van der Waals surface area contributed by atoms with E-state index in [4.69, 9.17) is 9.97 Å². The summed E-state index contributed by atoms with van der Waals surface area (Å²) in [6.07, 6.45) is 2.23. The number of fused-ring (bicyclic) bond motifs is 1. The van der Waals surface area contributed by atoms with Crippen LogP contribution in [0.5, 0.6) is 0 Å². The molecule has 0 amide bonds. The molecule has 8 aromatic carbocycles. The van der Waals surface area contributed by atoms with Gasteiger partial charge in [0.25, 0.3) is 0 Å². The Balaban J connectivity index is 0.990. The van der Waals surface area contributed by atoms with Crippen LogP contribution in [-0.4, -0.2) is 15.7 Å². The van der Waals surface area contributed by atoms with Crippen molar-refractivity contribution in [1.29, 1.82) is 5.41 Å². The Bertz CT molecular complexity index is 2990. The fourth-order valence-corrected chi connectivity index (χ4v) is 7.98. The lowest BCUT2D eigenvalue weighted by molar-refractivity contribution is 1.18. The zero-order chi connectivity index (χ0) is 41.0. The van der Waals surface area contributed by atoms with Gasteiger partial charge in [0, 0.05) is 39.1 Å². The number of nitrogens with zero attached hydrogens (tertiary/aromatic N) is 2. The van der Waals surface area contributed by atoms with Crippen LogP contribution in [0.15, 0.2) is 224 Å². The van der Waals surface area contributed by atoms with E-state index in [1.165, 1.54) is 0 Å². The van der Waals surface area contributed by atoms with Gasteiger partial charge in [-0.25, -0.2) is 9.97 Å². The smallest absolute Gasteiger partial charge is 0.160 e. The van der Waals surface area contributed by atoms with Crippen molar-refractivity contribution in [2.45, 2.75) is 0 Å². The van der Waals surface area contributed by atoms with Crippen molar-refractivity contribution in [3.63, 3.8) is 0 Å². The quantitative estimate of drug-likeness (QED) is 0.143. The van der Waals surface area contributed by atoms with Crippen molar-refractivity contribution in [2.24, 2.45) is 0 Å². The summed E-state index contributed by atoms with van der Waals surface area (Å²) in [5.41, 5.74) is 17.7. The molecule has 1 aromatic heterocycles. The van der Waals surface area contributed by atoms with Gasteiger partial charge in [0.15, 0.2) is 5.82 Å². The van der Waals surface area contributed by atoms with Crippen molar-refractivity contribution < 1.29 is 0 Å². The molecule has 0 atom stereocenters. The molecule has 0 unspecified atom stereocenters. The highest BCUT2D eigenvalue weighted by Gasteiger charge is 2.24. The summed E-state index contributed by atoms with van der Waals surface area (Å²) in [7, 11) is 0. The van der Waals surface area contributed by atoms with Gasteiger partial charge in [-0.15, -0.1) is 0 Å². The molecule has 4 heteroatoms. The number of allylic oxidation sites excluding steroid dienone is 1. The summed E-state index contributed by atoms with van der Waals surface area (Å²) >= 11 is 0. The Labute approximate surface area is 356 Å². The van der Waals surface area contributed by atoms with Crippen LogP contribution in [0.4, 0.5) is 0 Å². The average molecular weight is 781 g/mol. The lowest BCUT2D eigenvalue weighted by Gasteiger charge is -2.26. The number of hydrogen-bond acceptors (Lipinski definition) is 4. The minimum atomic E-state index is 0.466. The maximum absolute atomic E-state index is 9.55. The number of hydrogen-bond donors (Lipinski definition) is 2. The summed E-state index contributed by atoms with van der Waals surface area (Å²) in [4.78, 5) is 9.97. The van der Waals surface area contributed by atoms with Crippen LogP contribution in [0, 0.1) is 5.41 Å². The minimum Gasteiger partial charge on any atom is -0.354 e. The number of benzene rings is 8. The van der Waals surface area contributed by atoms with Crippen LogP contribution >= 0.6 is 0 Å². The van der Waals surface area contributed by atoms with E-state index in [9.17, 15) is 5.41 Å². The molecule has 61 heavy (non-hydrogen) atoms. The number of aromatic nitrogens is 2. The van der Waals surface area contributed by atoms with Gasteiger partial charge < -0.3 is 5.32 Å². The van der Waals surface area contributed by atoms with Gasteiger partial charge in [0.2, 0.25) is 0 Å². The highest BCUT2D eigenvalue weighted by molar-refractivity contribution is 6.36. The first-order chi connectivity index (χ1) is 30.1. The zero-order valence-electron chi connectivity index (χ0n) is 33.3. The van der Waals surface area contributed by atoms with Crippen molar-refractivity contribution in [3.05, 3.63) is 252 Å². The van der Waals surface area contributed by atoms with Crippen LogP contribution in [0.1, 0.15) is 27.8 Å². The molecule has 0 aliphatic carbocycles. The zero-order valence-corrected chi connectivity index (χ0v) is 33.3. The van der Waals surface area contributed by atoms with Gasteiger partial charge in [0.05, 0.1) is 22.8 Å². The molecule has 2 heterocycles. The van der Waals surface area contributed by atoms with Crippen LogP contribution in [0.3, 0.4) is 0 Å². The second kappa shape index (κ2) is 16.6. The minimum absolute atomic E-state index is 0.466. The highest BCUT2D eigenvalue weighted by atomic mass is 14.9. The topological polar surface area (TPSA) is 61.7 Å². The molecule has 288 valence electrons. The summed E-state index contributed by atoms with van der Waals surface area (Å²) < 4.78 is 0. The molecule has 10 rings (SSSR count). The van der Waals surface area contributed by atoms with E-state index in [1.807, 2.05) is 91.0 Å². The normalized spacial score (nSPS) is 12.8. The molecule has 2 N–H and O–H groups in total. The maximum atomic E-state index is 9.55. The summed E-state index contributed by atoms with van der Waals surface area (Å²) in [5, 5.41) is 13.3. The van der Waals surface area contributed by atoms with E-state index in [1.54, 1.807) is 0 Å². The molecular weight excluding hydrogens is 741 g/mol. The molecule has 0 bridgehead atoms. The molecule has 4 nitrogen and oxygen atoms in total. The van der Waals surface area contributed by atoms with E-state index < -0.39 is 0 Å². The molecule has 0 radical (unpaired) electrons. The van der Waals surface area contributed by atoms with Crippen molar-refractivity contribution in [1.82, 2.24) is 15.3 Å². The third kappa shape index (κ3) is 7.74. The van der Waals surface area contributed by atoms with Crippen LogP contribution in [0.2, 0.25) is 0 Å². The molecule has 0 spiro atoms. The van der Waals surface area contributed by atoms with Crippen LogP contribution in [-0.2, 0) is 0 Å². The van der Waals surface area contributed by atoms with E-state index in [0.29, 0.717) is 11.5 Å². The first kappa shape index (κ1) is 37.1. The summed E-state index contributed by atoms with van der Waals surface area (Å²) in [6.45, 7) is 0. The first-order valence-electron chi connectivity index (χ1n) is 20.5. The van der Waals surface area contributed by atoms with Gasteiger partial charge >= 0.3 is 0 Å². The standard InChI is InChI=1S/C57H40N4/c58-55(46-22-12-4-13-23-46)54(45-20-10-3-11-21-45)56-50-35-34-48(36-49(50)37-51(59-56)42-16-6-1-7-17-42)41-28-26-39(27-29-41)40-30-32-44(33-31-40)53-38-52(43-18-8-2-9-19-43)60-57(61-53)47-24-14-5-15-25-47/h1-38,58-59H/b56-54-,58-55?. The predicted molar refractivity (Wildman–Crippen MR) is 253 cm³/mol. The van der Waals surface area contributed by atoms with Crippen LogP contribution in [0.25, 0.3) is 79.2 Å². The molecule has 0 fully saturated rings. The fraction of sp³-hybridized carbons (Fsp3) is 0. The Kier molecular flexibility index (Phi) is 10.1. The van der Waals surface area contributed by atoms with Crippen LogP contribution < -0.4 is 5.32 Å². The monoisotopic (exact) mass is 780 g/mol. The molecule has 0 saturated heterocycles. The van der Waals surface area contributed by atoms with Gasteiger partial charge in [-0.2, -0.15) is 0 Å². The molecule has 1 aliphatic rings. The van der Waals surface area contributed by atoms with Gasteiger partial charge in [-0.05, 0) is 57.2 Å². The second-order valence-electron chi connectivity index (χ2n) is 15.1. The number of nitrogens with one attached hydrogen (secondary N) is 2. The van der Waals surface area contributed by atoms with Crippen molar-refractivity contribution in [2.75, 3.05) is 0 Å². The maximum Gasteiger partial charge on any atom is 0.160 e.